The lowest BCUT2D eigenvalue weighted by Gasteiger charge is -2.05. The standard InChI is InChI=1S/C22H24N4O2/c1-16-22(17(2)26(25-16)14-19-8-5-4-6-9-19)13-23-28-15-20-10-7-11-21(12-20)24-18(3)27/h4-13H,14-15H2,1-3H3,(H,24,27)/b23-13+. The molecule has 0 saturated heterocycles. The third-order valence-corrected chi connectivity index (χ3v) is 4.35. The molecule has 1 amide bonds. The van der Waals surface area contributed by atoms with Crippen LogP contribution in [0.2, 0.25) is 0 Å². The first-order valence-electron chi connectivity index (χ1n) is 9.12. The molecule has 28 heavy (non-hydrogen) atoms. The van der Waals surface area contributed by atoms with E-state index in [4.69, 9.17) is 4.84 Å². The first-order chi connectivity index (χ1) is 13.5. The molecule has 0 fully saturated rings. The van der Waals surface area contributed by atoms with E-state index in [1.807, 2.05) is 61.0 Å². The number of amides is 1. The first kappa shape index (κ1) is 19.4. The van der Waals surface area contributed by atoms with Crippen LogP contribution in [0, 0.1) is 13.8 Å². The maximum absolute atomic E-state index is 11.1. The van der Waals surface area contributed by atoms with Crippen molar-refractivity contribution in [1.82, 2.24) is 9.78 Å². The van der Waals surface area contributed by atoms with Gasteiger partial charge in [-0.2, -0.15) is 5.10 Å². The van der Waals surface area contributed by atoms with E-state index < -0.39 is 0 Å². The Balaban J connectivity index is 1.62. The number of carbonyl (C=O) groups excluding carboxylic acids is 1. The van der Waals surface area contributed by atoms with E-state index in [9.17, 15) is 4.79 Å². The van der Waals surface area contributed by atoms with Gasteiger partial charge in [0, 0.05) is 23.9 Å². The summed E-state index contributed by atoms with van der Waals surface area (Å²) in [7, 11) is 0. The third kappa shape index (κ3) is 5.07. The molecule has 0 bridgehead atoms. The van der Waals surface area contributed by atoms with Gasteiger partial charge >= 0.3 is 0 Å². The lowest BCUT2D eigenvalue weighted by atomic mass is 10.2. The molecule has 3 rings (SSSR count). The molecule has 0 unspecified atom stereocenters. The van der Waals surface area contributed by atoms with E-state index in [1.165, 1.54) is 12.5 Å². The number of aromatic nitrogens is 2. The molecule has 2 aromatic carbocycles. The Morgan fingerprint density at radius 3 is 2.64 bits per heavy atom. The largest absolute Gasteiger partial charge is 0.391 e. The molecule has 0 radical (unpaired) electrons. The number of nitrogens with zero attached hydrogens (tertiary/aromatic N) is 3. The van der Waals surface area contributed by atoms with Crippen LogP contribution in [0.5, 0.6) is 0 Å². The van der Waals surface area contributed by atoms with Gasteiger partial charge in [-0.1, -0.05) is 47.6 Å². The summed E-state index contributed by atoms with van der Waals surface area (Å²) in [5.41, 5.74) is 5.78. The predicted octanol–water partition coefficient (Wildman–Crippen LogP) is 4.06. The van der Waals surface area contributed by atoms with E-state index >= 15 is 0 Å². The highest BCUT2D eigenvalue weighted by molar-refractivity contribution is 5.88. The first-order valence-corrected chi connectivity index (χ1v) is 9.12. The summed E-state index contributed by atoms with van der Waals surface area (Å²) in [6.07, 6.45) is 1.71. The average molecular weight is 376 g/mol. The van der Waals surface area contributed by atoms with Gasteiger partial charge in [0.25, 0.3) is 0 Å². The lowest BCUT2D eigenvalue weighted by molar-refractivity contribution is -0.114. The predicted molar refractivity (Wildman–Crippen MR) is 110 cm³/mol. The van der Waals surface area contributed by atoms with Crippen LogP contribution in [0.15, 0.2) is 59.8 Å². The normalized spacial score (nSPS) is 11.0. The van der Waals surface area contributed by atoms with E-state index in [-0.39, 0.29) is 5.91 Å². The molecule has 3 aromatic rings. The van der Waals surface area contributed by atoms with Gasteiger partial charge in [-0.05, 0) is 37.1 Å². The molecular weight excluding hydrogens is 352 g/mol. The Hall–Kier alpha value is -3.41. The van der Waals surface area contributed by atoms with Gasteiger partial charge in [0.1, 0.15) is 6.61 Å². The van der Waals surface area contributed by atoms with Crippen LogP contribution >= 0.6 is 0 Å². The van der Waals surface area contributed by atoms with Crippen molar-refractivity contribution in [2.75, 3.05) is 5.32 Å². The van der Waals surface area contributed by atoms with Crippen molar-refractivity contribution in [3.8, 4) is 0 Å². The van der Waals surface area contributed by atoms with E-state index in [2.05, 4.69) is 27.7 Å². The van der Waals surface area contributed by atoms with Crippen LogP contribution in [0.25, 0.3) is 0 Å². The van der Waals surface area contributed by atoms with Crippen molar-refractivity contribution in [3.05, 3.63) is 82.7 Å². The zero-order valence-electron chi connectivity index (χ0n) is 16.3. The molecule has 144 valence electrons. The number of anilines is 1. The van der Waals surface area contributed by atoms with E-state index in [1.54, 1.807) is 6.21 Å². The van der Waals surface area contributed by atoms with Crippen molar-refractivity contribution in [3.63, 3.8) is 0 Å². The Labute approximate surface area is 164 Å². The summed E-state index contributed by atoms with van der Waals surface area (Å²) in [5.74, 6) is -0.102. The third-order valence-electron chi connectivity index (χ3n) is 4.35. The zero-order valence-corrected chi connectivity index (χ0v) is 16.3. The molecule has 6 nitrogen and oxygen atoms in total. The van der Waals surface area contributed by atoms with Crippen LogP contribution in [0.4, 0.5) is 5.69 Å². The van der Waals surface area contributed by atoms with Crippen LogP contribution in [0.1, 0.15) is 35.0 Å². The quantitative estimate of drug-likeness (QED) is 0.499. The number of rotatable bonds is 7. The molecule has 1 N–H and O–H groups in total. The minimum atomic E-state index is -0.102. The van der Waals surface area contributed by atoms with E-state index in [0.717, 1.165) is 34.7 Å². The minimum absolute atomic E-state index is 0.102. The van der Waals surface area contributed by atoms with Gasteiger partial charge in [-0.25, -0.2) is 0 Å². The van der Waals surface area contributed by atoms with Crippen molar-refractivity contribution in [2.45, 2.75) is 33.9 Å². The highest BCUT2D eigenvalue weighted by atomic mass is 16.6. The van der Waals surface area contributed by atoms with Crippen molar-refractivity contribution < 1.29 is 9.63 Å². The summed E-state index contributed by atoms with van der Waals surface area (Å²) in [6.45, 7) is 6.52. The van der Waals surface area contributed by atoms with Crippen molar-refractivity contribution in [1.29, 1.82) is 0 Å². The molecule has 0 spiro atoms. The molecule has 0 saturated carbocycles. The summed E-state index contributed by atoms with van der Waals surface area (Å²) < 4.78 is 1.98. The number of benzene rings is 2. The molecular formula is C22H24N4O2. The SMILES string of the molecule is CC(=O)Nc1cccc(CO/N=C/c2c(C)nn(Cc3ccccc3)c2C)c1. The van der Waals surface area contributed by atoms with Gasteiger partial charge in [0.05, 0.1) is 18.5 Å². The number of carbonyl (C=O) groups is 1. The highest BCUT2D eigenvalue weighted by Gasteiger charge is 2.10. The fraction of sp³-hybridized carbons (Fsp3) is 0.227. The van der Waals surface area contributed by atoms with Gasteiger partial charge in [0.2, 0.25) is 5.91 Å². The van der Waals surface area contributed by atoms with Crippen molar-refractivity contribution >= 4 is 17.8 Å². The highest BCUT2D eigenvalue weighted by Crippen LogP contribution is 2.14. The number of oxime groups is 1. The molecule has 1 heterocycles. The van der Waals surface area contributed by atoms with Crippen molar-refractivity contribution in [2.24, 2.45) is 5.16 Å². The Kier molecular flexibility index (Phi) is 6.22. The minimum Gasteiger partial charge on any atom is -0.391 e. The molecule has 0 aliphatic heterocycles. The Morgan fingerprint density at radius 1 is 1.14 bits per heavy atom. The second-order valence-electron chi connectivity index (χ2n) is 6.62. The summed E-state index contributed by atoms with van der Waals surface area (Å²) in [5, 5.41) is 11.5. The fourth-order valence-electron chi connectivity index (χ4n) is 2.95. The summed E-state index contributed by atoms with van der Waals surface area (Å²) in [4.78, 5) is 16.6. The topological polar surface area (TPSA) is 68.5 Å². The molecule has 0 atom stereocenters. The maximum Gasteiger partial charge on any atom is 0.221 e. The van der Waals surface area contributed by atoms with Crippen LogP contribution in [0.3, 0.4) is 0 Å². The number of hydrogen-bond acceptors (Lipinski definition) is 4. The smallest absolute Gasteiger partial charge is 0.221 e. The van der Waals surface area contributed by atoms with Crippen LogP contribution in [-0.2, 0) is 22.8 Å². The molecule has 0 aliphatic carbocycles. The fourth-order valence-corrected chi connectivity index (χ4v) is 2.95. The number of nitrogens with one attached hydrogen (secondary N) is 1. The van der Waals surface area contributed by atoms with Crippen LogP contribution < -0.4 is 5.32 Å². The number of hydrogen-bond donors (Lipinski definition) is 1. The van der Waals surface area contributed by atoms with Gasteiger partial charge in [0.15, 0.2) is 0 Å². The lowest BCUT2D eigenvalue weighted by Crippen LogP contribution is -2.05. The second-order valence-corrected chi connectivity index (χ2v) is 6.62. The molecule has 0 aliphatic rings. The zero-order chi connectivity index (χ0) is 19.9. The Bertz CT molecular complexity index is 977. The summed E-state index contributed by atoms with van der Waals surface area (Å²) in [6, 6.07) is 17.7. The van der Waals surface area contributed by atoms with Gasteiger partial charge in [-0.15, -0.1) is 0 Å². The molecule has 1 aromatic heterocycles. The van der Waals surface area contributed by atoms with Gasteiger partial charge in [-0.3, -0.25) is 9.48 Å². The molecule has 6 heteroatoms. The van der Waals surface area contributed by atoms with Crippen LogP contribution in [-0.4, -0.2) is 21.9 Å². The second kappa shape index (κ2) is 8.99. The maximum atomic E-state index is 11.1. The van der Waals surface area contributed by atoms with Gasteiger partial charge < -0.3 is 10.2 Å². The van der Waals surface area contributed by atoms with E-state index in [0.29, 0.717) is 6.61 Å². The monoisotopic (exact) mass is 376 g/mol. The summed E-state index contributed by atoms with van der Waals surface area (Å²) >= 11 is 0. The number of aryl methyl sites for hydroxylation is 1. The Morgan fingerprint density at radius 2 is 1.89 bits per heavy atom. The average Bonchev–Trinajstić information content (AvgIpc) is 2.93.